The molecule has 0 saturated heterocycles. The zero-order valence-corrected chi connectivity index (χ0v) is 18.8. The Morgan fingerprint density at radius 2 is 1.59 bits per heavy atom. The molecule has 1 aromatic heterocycles. The molecule has 0 N–H and O–H groups in total. The average molecular weight is 434 g/mol. The number of hydrogen-bond acceptors (Lipinski definition) is 4. The molecule has 2 aromatic rings. The molecule has 2 rings (SSSR count). The summed E-state index contributed by atoms with van der Waals surface area (Å²) in [7, 11) is -1.57. The molecule has 0 aliphatic carbocycles. The summed E-state index contributed by atoms with van der Waals surface area (Å²) in [6.45, 7) is 13.4. The van der Waals surface area contributed by atoms with Gasteiger partial charge in [-0.05, 0) is 51.3 Å². The lowest BCUT2D eigenvalue weighted by Gasteiger charge is -2.04. The van der Waals surface area contributed by atoms with Gasteiger partial charge in [-0.3, -0.25) is 0 Å². The lowest BCUT2D eigenvalue weighted by atomic mass is 10.3. The molecule has 9 heteroatoms. The first-order chi connectivity index (χ1) is 13.3. The number of imidazole rings is 1. The van der Waals surface area contributed by atoms with Crippen molar-refractivity contribution < 1.29 is 21.6 Å². The van der Waals surface area contributed by atoms with Gasteiger partial charge in [0, 0.05) is 25.2 Å². The van der Waals surface area contributed by atoms with Crippen LogP contribution in [0.3, 0.4) is 0 Å². The SMILES string of the molecule is C=C(C)C.CC.CC=NC.CS(=O)(=O)c1ccc(-n2cnc(C(F)(F)F)c2)cc1. The van der Waals surface area contributed by atoms with Crippen molar-refractivity contribution in [3.8, 4) is 5.69 Å². The van der Waals surface area contributed by atoms with Gasteiger partial charge in [-0.1, -0.05) is 19.4 Å². The largest absolute Gasteiger partial charge is 0.434 e. The molecule has 1 heterocycles. The van der Waals surface area contributed by atoms with Crippen LogP contribution in [0.1, 0.15) is 40.3 Å². The Morgan fingerprint density at radius 3 is 1.86 bits per heavy atom. The van der Waals surface area contributed by atoms with Crippen LogP contribution in [0.15, 0.2) is 58.8 Å². The quantitative estimate of drug-likeness (QED) is 0.457. The molecule has 0 spiro atoms. The van der Waals surface area contributed by atoms with Gasteiger partial charge in [-0.15, -0.1) is 6.58 Å². The number of allylic oxidation sites excluding steroid dienone is 1. The van der Waals surface area contributed by atoms with Crippen molar-refractivity contribution in [3.05, 3.63) is 54.6 Å². The predicted octanol–water partition coefficient (Wildman–Crippen LogP) is 5.61. The van der Waals surface area contributed by atoms with Gasteiger partial charge >= 0.3 is 6.18 Å². The van der Waals surface area contributed by atoms with Crippen LogP contribution in [-0.2, 0) is 16.0 Å². The lowest BCUT2D eigenvalue weighted by molar-refractivity contribution is -0.140. The van der Waals surface area contributed by atoms with Crippen molar-refractivity contribution in [3.63, 3.8) is 0 Å². The Labute approximate surface area is 171 Å². The van der Waals surface area contributed by atoms with Crippen LogP contribution in [0.4, 0.5) is 13.2 Å². The number of hydrogen-bond donors (Lipinski definition) is 0. The number of aliphatic imine (C=N–C) groups is 1. The van der Waals surface area contributed by atoms with E-state index in [2.05, 4.69) is 16.6 Å². The standard InChI is InChI=1S/C11H9F3N2O2S.C4H8.C3H7N.C2H6/c1-19(17,18)9-4-2-8(3-5-9)16-6-10(15-7-16)11(12,13)14;1-4(2)3;1-3-4-2;1-2/h2-7H,1H3;1H2,2-3H3;3H,1-2H3;1-2H3. The first-order valence-electron chi connectivity index (χ1n) is 8.73. The third-order valence-corrected chi connectivity index (χ3v) is 3.82. The fourth-order valence-electron chi connectivity index (χ4n) is 1.48. The Kier molecular flexibility index (Phi) is 13.6. The molecule has 0 aliphatic rings. The molecule has 0 amide bonds. The number of sulfone groups is 1. The summed E-state index contributed by atoms with van der Waals surface area (Å²) in [5.74, 6) is 0. The van der Waals surface area contributed by atoms with Gasteiger partial charge in [0.1, 0.15) is 0 Å². The van der Waals surface area contributed by atoms with E-state index in [9.17, 15) is 21.6 Å². The summed E-state index contributed by atoms with van der Waals surface area (Å²) < 4.78 is 60.8. The maximum absolute atomic E-state index is 12.4. The Morgan fingerprint density at radius 1 is 1.17 bits per heavy atom. The summed E-state index contributed by atoms with van der Waals surface area (Å²) in [5, 5.41) is 0. The normalized spacial score (nSPS) is 10.7. The third-order valence-electron chi connectivity index (χ3n) is 2.69. The smallest absolute Gasteiger partial charge is 0.306 e. The summed E-state index contributed by atoms with van der Waals surface area (Å²) in [6.07, 6.45) is 0.173. The number of rotatable bonds is 2. The fourth-order valence-corrected chi connectivity index (χ4v) is 2.11. The highest BCUT2D eigenvalue weighted by atomic mass is 32.2. The molecule has 0 fully saturated rings. The van der Waals surface area contributed by atoms with Gasteiger partial charge in [0.25, 0.3) is 0 Å². The molecule has 5 nitrogen and oxygen atoms in total. The van der Waals surface area contributed by atoms with E-state index in [0.29, 0.717) is 5.69 Å². The number of aromatic nitrogens is 2. The molecule has 0 aliphatic heterocycles. The first-order valence-corrected chi connectivity index (χ1v) is 10.6. The van der Waals surface area contributed by atoms with E-state index in [1.165, 1.54) is 34.4 Å². The zero-order valence-electron chi connectivity index (χ0n) is 17.9. The Hall–Kier alpha value is -2.42. The highest BCUT2D eigenvalue weighted by Gasteiger charge is 2.33. The summed E-state index contributed by atoms with van der Waals surface area (Å²) in [6, 6.07) is 5.49. The average Bonchev–Trinajstić information content (AvgIpc) is 3.13. The molecule has 0 radical (unpaired) electrons. The molecule has 0 bridgehead atoms. The van der Waals surface area contributed by atoms with Crippen molar-refractivity contribution in [2.45, 2.75) is 45.7 Å². The van der Waals surface area contributed by atoms with Crippen LogP contribution in [0.2, 0.25) is 0 Å². The number of alkyl halides is 3. The van der Waals surface area contributed by atoms with Crippen LogP contribution in [0, 0.1) is 0 Å². The van der Waals surface area contributed by atoms with Gasteiger partial charge < -0.3 is 9.56 Å². The minimum Gasteiger partial charge on any atom is -0.306 e. The summed E-state index contributed by atoms with van der Waals surface area (Å²) in [5.41, 5.74) is 0.565. The Bertz CT molecular complexity index is 846. The van der Waals surface area contributed by atoms with E-state index >= 15 is 0 Å². The molecule has 0 unspecified atom stereocenters. The van der Waals surface area contributed by atoms with E-state index in [0.717, 1.165) is 18.8 Å². The van der Waals surface area contributed by atoms with Crippen LogP contribution >= 0.6 is 0 Å². The van der Waals surface area contributed by atoms with Gasteiger partial charge in [0.2, 0.25) is 0 Å². The lowest BCUT2D eigenvalue weighted by Crippen LogP contribution is -2.04. The van der Waals surface area contributed by atoms with Crippen LogP contribution in [-0.4, -0.2) is 37.5 Å². The number of nitrogens with zero attached hydrogens (tertiary/aromatic N) is 3. The zero-order chi connectivity index (χ0) is 23.3. The molecular formula is C20H30F3N3O2S. The topological polar surface area (TPSA) is 64.3 Å². The predicted molar refractivity (Wildman–Crippen MR) is 114 cm³/mol. The fraction of sp³-hybridized carbons (Fsp3) is 0.400. The maximum atomic E-state index is 12.4. The van der Waals surface area contributed by atoms with Gasteiger partial charge in [0.15, 0.2) is 15.5 Å². The minimum absolute atomic E-state index is 0.104. The minimum atomic E-state index is -4.50. The van der Waals surface area contributed by atoms with Crippen molar-refractivity contribution in [1.82, 2.24) is 9.55 Å². The molecule has 164 valence electrons. The molecule has 0 saturated carbocycles. The molecule has 29 heavy (non-hydrogen) atoms. The van der Waals surface area contributed by atoms with Crippen LogP contribution < -0.4 is 0 Å². The van der Waals surface area contributed by atoms with Crippen LogP contribution in [0.25, 0.3) is 5.69 Å². The second kappa shape index (κ2) is 13.7. The van der Waals surface area contributed by atoms with Crippen molar-refractivity contribution in [2.75, 3.05) is 13.3 Å². The molecular weight excluding hydrogens is 403 g/mol. The van der Waals surface area contributed by atoms with Crippen LogP contribution in [0.5, 0.6) is 0 Å². The second-order valence-corrected chi connectivity index (χ2v) is 7.67. The van der Waals surface area contributed by atoms with Gasteiger partial charge in [-0.25, -0.2) is 13.4 Å². The highest BCUT2D eigenvalue weighted by Crippen LogP contribution is 2.28. The van der Waals surface area contributed by atoms with E-state index in [1.54, 1.807) is 13.3 Å². The summed E-state index contributed by atoms with van der Waals surface area (Å²) >= 11 is 0. The van der Waals surface area contributed by atoms with Crippen molar-refractivity contribution in [2.24, 2.45) is 4.99 Å². The summed E-state index contributed by atoms with van der Waals surface area (Å²) in [4.78, 5) is 6.97. The van der Waals surface area contributed by atoms with E-state index in [1.807, 2.05) is 34.6 Å². The van der Waals surface area contributed by atoms with Crippen molar-refractivity contribution >= 4 is 16.1 Å². The Balaban J connectivity index is 0. The third kappa shape index (κ3) is 12.6. The first kappa shape index (κ1) is 28.8. The van der Waals surface area contributed by atoms with Gasteiger partial charge in [-0.2, -0.15) is 13.2 Å². The number of benzene rings is 1. The molecule has 1 aromatic carbocycles. The van der Waals surface area contributed by atoms with Gasteiger partial charge in [0.05, 0.1) is 11.2 Å². The van der Waals surface area contributed by atoms with Crippen molar-refractivity contribution in [1.29, 1.82) is 0 Å². The van der Waals surface area contributed by atoms with E-state index in [4.69, 9.17) is 0 Å². The van der Waals surface area contributed by atoms with E-state index in [-0.39, 0.29) is 4.90 Å². The monoisotopic (exact) mass is 433 g/mol. The number of halogens is 3. The molecule has 0 atom stereocenters. The maximum Gasteiger partial charge on any atom is 0.434 e. The van der Waals surface area contributed by atoms with E-state index < -0.39 is 21.7 Å². The second-order valence-electron chi connectivity index (χ2n) is 5.65. The highest BCUT2D eigenvalue weighted by molar-refractivity contribution is 7.90.